The van der Waals surface area contributed by atoms with Crippen molar-refractivity contribution >= 4 is 11.7 Å². The minimum atomic E-state index is -1.15. The Morgan fingerprint density at radius 2 is 2.07 bits per heavy atom. The second-order valence-corrected chi connectivity index (χ2v) is 8.66. The number of fused-ring (bicyclic) bond motifs is 1. The van der Waals surface area contributed by atoms with Crippen molar-refractivity contribution in [2.45, 2.75) is 70.2 Å². The molecular weight excluding hydrogens is 374 g/mol. The monoisotopic (exact) mass is 403 g/mol. The van der Waals surface area contributed by atoms with Gasteiger partial charge in [-0.1, -0.05) is 0 Å². The van der Waals surface area contributed by atoms with Crippen molar-refractivity contribution in [3.63, 3.8) is 0 Å². The Morgan fingerprint density at radius 3 is 2.76 bits per heavy atom. The van der Waals surface area contributed by atoms with Crippen molar-refractivity contribution in [3.05, 3.63) is 23.3 Å². The molecule has 0 bridgehead atoms. The summed E-state index contributed by atoms with van der Waals surface area (Å²) in [5.74, 6) is 0.685. The predicted octanol–water partition coefficient (Wildman–Crippen LogP) is 0.567. The van der Waals surface area contributed by atoms with Crippen LogP contribution in [0.25, 0.3) is 5.78 Å². The first-order chi connectivity index (χ1) is 13.7. The summed E-state index contributed by atoms with van der Waals surface area (Å²) in [5.41, 5.74) is 1.28. The zero-order valence-electron chi connectivity index (χ0n) is 17.3. The van der Waals surface area contributed by atoms with Gasteiger partial charge in [0.25, 0.3) is 5.78 Å². The van der Waals surface area contributed by atoms with E-state index >= 15 is 0 Å². The third kappa shape index (κ3) is 3.74. The van der Waals surface area contributed by atoms with E-state index in [1.165, 1.54) is 6.33 Å². The Kier molecular flexibility index (Phi) is 5.08. The number of likely N-dealkylation sites (tertiary alicyclic amines) is 1. The van der Waals surface area contributed by atoms with Crippen LogP contribution in [0.1, 0.15) is 49.6 Å². The highest BCUT2D eigenvalue weighted by Crippen LogP contribution is 2.39. The molecule has 158 valence electrons. The van der Waals surface area contributed by atoms with Crippen LogP contribution in [0, 0.1) is 13.8 Å². The van der Waals surface area contributed by atoms with E-state index in [0.29, 0.717) is 51.0 Å². The predicted molar refractivity (Wildman–Crippen MR) is 104 cm³/mol. The highest BCUT2D eigenvalue weighted by atomic mass is 16.5. The van der Waals surface area contributed by atoms with Gasteiger partial charge in [-0.05, 0) is 45.6 Å². The van der Waals surface area contributed by atoms with Gasteiger partial charge in [0.15, 0.2) is 0 Å². The van der Waals surface area contributed by atoms with Crippen LogP contribution in [-0.2, 0) is 16.0 Å². The topological polar surface area (TPSA) is 113 Å². The van der Waals surface area contributed by atoms with E-state index in [0.717, 1.165) is 17.0 Å². The number of aliphatic hydroxyl groups excluding tert-OH is 1. The van der Waals surface area contributed by atoms with Crippen LogP contribution in [0.5, 0.6) is 0 Å². The smallest absolute Gasteiger partial charge is 0.252 e. The minimum Gasteiger partial charge on any atom is -0.388 e. The van der Waals surface area contributed by atoms with Gasteiger partial charge in [-0.25, -0.2) is 9.50 Å². The molecule has 1 spiro atoms. The van der Waals surface area contributed by atoms with Gasteiger partial charge in [0.2, 0.25) is 5.91 Å². The van der Waals surface area contributed by atoms with Gasteiger partial charge in [-0.15, -0.1) is 0 Å². The van der Waals surface area contributed by atoms with Gasteiger partial charge in [-0.2, -0.15) is 10.1 Å². The van der Waals surface area contributed by atoms with Gasteiger partial charge in [0.05, 0.1) is 17.8 Å². The van der Waals surface area contributed by atoms with E-state index < -0.39 is 17.3 Å². The third-order valence-electron chi connectivity index (χ3n) is 6.55. The number of aliphatic hydroxyl groups is 2. The zero-order chi connectivity index (χ0) is 20.8. The van der Waals surface area contributed by atoms with Crippen molar-refractivity contribution in [3.8, 4) is 0 Å². The van der Waals surface area contributed by atoms with Gasteiger partial charge in [0.1, 0.15) is 12.4 Å². The Morgan fingerprint density at radius 1 is 1.34 bits per heavy atom. The van der Waals surface area contributed by atoms with Crippen LogP contribution in [0.15, 0.2) is 6.33 Å². The van der Waals surface area contributed by atoms with Gasteiger partial charge >= 0.3 is 0 Å². The van der Waals surface area contributed by atoms with E-state index in [2.05, 4.69) is 15.1 Å². The van der Waals surface area contributed by atoms with Crippen LogP contribution in [-0.4, -0.2) is 77.6 Å². The van der Waals surface area contributed by atoms with Crippen LogP contribution < -0.4 is 0 Å². The number of piperidine rings is 1. The third-order valence-corrected chi connectivity index (χ3v) is 6.55. The van der Waals surface area contributed by atoms with Crippen LogP contribution in [0.2, 0.25) is 0 Å². The molecule has 9 heteroatoms. The quantitative estimate of drug-likeness (QED) is 0.770. The fraction of sp³-hybridized carbons (Fsp3) is 0.700. The summed E-state index contributed by atoms with van der Waals surface area (Å²) >= 11 is 0. The molecule has 4 heterocycles. The summed E-state index contributed by atoms with van der Waals surface area (Å²) in [5, 5.41) is 24.5. The largest absolute Gasteiger partial charge is 0.388 e. The summed E-state index contributed by atoms with van der Waals surface area (Å²) in [6.07, 6.45) is 3.38. The van der Waals surface area contributed by atoms with Gasteiger partial charge in [-0.3, -0.25) is 4.79 Å². The number of nitrogens with zero attached hydrogens (tertiary/aromatic N) is 5. The minimum absolute atomic E-state index is 0.111. The molecule has 0 radical (unpaired) electrons. The van der Waals surface area contributed by atoms with E-state index in [-0.39, 0.29) is 12.5 Å². The SMILES string of the molecule is Cc1nc2ncnn2c(C)c1CCC(=O)N1CCC2(CC1)C[C@](C)(O)[C@@H](O)CO2. The van der Waals surface area contributed by atoms with Crippen molar-refractivity contribution in [2.75, 3.05) is 19.7 Å². The lowest BCUT2D eigenvalue weighted by atomic mass is 9.76. The molecule has 2 aliphatic heterocycles. The number of aromatic nitrogens is 4. The molecule has 0 aliphatic carbocycles. The van der Waals surface area contributed by atoms with Gasteiger partial charge < -0.3 is 19.8 Å². The van der Waals surface area contributed by atoms with Crippen molar-refractivity contribution < 1.29 is 19.7 Å². The average Bonchev–Trinajstić information content (AvgIpc) is 3.13. The summed E-state index contributed by atoms with van der Waals surface area (Å²) < 4.78 is 7.61. The fourth-order valence-corrected chi connectivity index (χ4v) is 4.65. The lowest BCUT2D eigenvalue weighted by Gasteiger charge is -2.49. The molecule has 1 amide bonds. The van der Waals surface area contributed by atoms with E-state index in [1.807, 2.05) is 18.7 Å². The normalized spacial score (nSPS) is 26.9. The highest BCUT2D eigenvalue weighted by molar-refractivity contribution is 5.76. The second-order valence-electron chi connectivity index (χ2n) is 8.66. The van der Waals surface area contributed by atoms with Crippen LogP contribution in [0.3, 0.4) is 0 Å². The molecule has 2 saturated heterocycles. The second kappa shape index (κ2) is 7.30. The molecule has 0 aromatic carbocycles. The van der Waals surface area contributed by atoms with Gasteiger partial charge in [0, 0.05) is 37.3 Å². The summed E-state index contributed by atoms with van der Waals surface area (Å²) in [4.78, 5) is 23.3. The molecule has 2 atom stereocenters. The molecule has 29 heavy (non-hydrogen) atoms. The molecule has 2 aromatic rings. The lowest BCUT2D eigenvalue weighted by molar-refractivity contribution is -0.222. The lowest BCUT2D eigenvalue weighted by Crippen LogP contribution is -2.59. The summed E-state index contributed by atoms with van der Waals surface area (Å²) in [7, 11) is 0. The first-order valence-electron chi connectivity index (χ1n) is 10.2. The summed E-state index contributed by atoms with van der Waals surface area (Å²) in [6.45, 7) is 6.91. The number of carbonyl (C=O) groups is 1. The number of rotatable bonds is 3. The molecule has 2 fully saturated rings. The van der Waals surface area contributed by atoms with Crippen molar-refractivity contribution in [2.24, 2.45) is 0 Å². The van der Waals surface area contributed by atoms with E-state index in [9.17, 15) is 15.0 Å². The molecule has 0 unspecified atom stereocenters. The number of hydrogen-bond acceptors (Lipinski definition) is 7. The maximum Gasteiger partial charge on any atom is 0.252 e. The first kappa shape index (κ1) is 20.2. The molecule has 9 nitrogen and oxygen atoms in total. The molecule has 2 aromatic heterocycles. The maximum atomic E-state index is 12.8. The molecular formula is C20H29N5O4. The number of hydrogen-bond donors (Lipinski definition) is 2. The van der Waals surface area contributed by atoms with Crippen molar-refractivity contribution in [1.29, 1.82) is 0 Å². The highest BCUT2D eigenvalue weighted by Gasteiger charge is 2.48. The fourth-order valence-electron chi connectivity index (χ4n) is 4.65. The van der Waals surface area contributed by atoms with Crippen LogP contribution >= 0.6 is 0 Å². The Bertz CT molecular complexity index is 917. The average molecular weight is 403 g/mol. The van der Waals surface area contributed by atoms with E-state index in [1.54, 1.807) is 11.4 Å². The number of carbonyl (C=O) groups excluding carboxylic acids is 1. The molecule has 4 rings (SSSR count). The summed E-state index contributed by atoms with van der Waals surface area (Å²) in [6, 6.07) is 0. The Hall–Kier alpha value is -2.10. The Labute approximate surface area is 169 Å². The zero-order valence-corrected chi connectivity index (χ0v) is 17.3. The Balaban J connectivity index is 1.36. The first-order valence-corrected chi connectivity index (χ1v) is 10.2. The number of amides is 1. The standard InChI is InChI=1S/C20H29N5O4/c1-13-15(14(2)25-18(23-13)21-12-22-25)4-5-17(27)24-8-6-20(7-9-24)11-19(3,28)16(26)10-29-20/h12,16,26,28H,4-11H2,1-3H3/t16-,19-/m0/s1. The number of aryl methyl sites for hydroxylation is 2. The molecule has 0 saturated carbocycles. The van der Waals surface area contributed by atoms with E-state index in [4.69, 9.17) is 4.74 Å². The van der Waals surface area contributed by atoms with Crippen LogP contribution in [0.4, 0.5) is 0 Å². The maximum absolute atomic E-state index is 12.8. The molecule has 2 aliphatic rings. The number of ether oxygens (including phenoxy) is 1. The molecule has 2 N–H and O–H groups in total. The van der Waals surface area contributed by atoms with Crippen molar-refractivity contribution in [1.82, 2.24) is 24.5 Å².